The van der Waals surface area contributed by atoms with Crippen LogP contribution in [0.2, 0.25) is 5.02 Å². The highest BCUT2D eigenvalue weighted by molar-refractivity contribution is 7.99. The minimum absolute atomic E-state index is 0.214. The van der Waals surface area contributed by atoms with E-state index in [4.69, 9.17) is 11.6 Å². The third-order valence-corrected chi connectivity index (χ3v) is 5.12. The number of amides is 1. The minimum atomic E-state index is 0.214. The molecule has 0 saturated carbocycles. The molecule has 0 radical (unpaired) electrons. The van der Waals surface area contributed by atoms with Crippen molar-refractivity contribution < 1.29 is 4.79 Å². The Morgan fingerprint density at radius 1 is 1.05 bits per heavy atom. The Bertz CT molecular complexity index is 634. The van der Waals surface area contributed by atoms with E-state index in [1.807, 2.05) is 41.3 Å². The zero-order valence-corrected chi connectivity index (χ0v) is 13.2. The molecular formula is C17H16ClNOS. The maximum absolute atomic E-state index is 12.3. The molecule has 0 N–H and O–H groups in total. The second-order valence-corrected chi connectivity index (χ2v) is 6.59. The van der Waals surface area contributed by atoms with E-state index in [0.717, 1.165) is 28.8 Å². The summed E-state index contributed by atoms with van der Waals surface area (Å²) in [4.78, 5) is 15.2. The summed E-state index contributed by atoms with van der Waals surface area (Å²) in [5.41, 5.74) is 2.54. The molecule has 0 fully saturated rings. The van der Waals surface area contributed by atoms with Gasteiger partial charge < -0.3 is 4.90 Å². The predicted molar refractivity (Wildman–Crippen MR) is 87.5 cm³/mol. The van der Waals surface area contributed by atoms with Crippen molar-refractivity contribution in [3.05, 3.63) is 64.7 Å². The van der Waals surface area contributed by atoms with Crippen LogP contribution in [0.25, 0.3) is 0 Å². The summed E-state index contributed by atoms with van der Waals surface area (Å²) < 4.78 is 0. The van der Waals surface area contributed by atoms with Crippen LogP contribution in [-0.4, -0.2) is 16.6 Å². The van der Waals surface area contributed by atoms with Gasteiger partial charge in [0.05, 0.1) is 5.02 Å². The van der Waals surface area contributed by atoms with E-state index in [9.17, 15) is 4.79 Å². The van der Waals surface area contributed by atoms with E-state index in [1.54, 1.807) is 11.8 Å². The SMILES string of the molecule is O=C(CCSc1ccccc1Cl)N1Cc2ccccc2C1. The van der Waals surface area contributed by atoms with Gasteiger partial charge in [-0.05, 0) is 23.3 Å². The normalized spacial score (nSPS) is 13.3. The van der Waals surface area contributed by atoms with Gasteiger partial charge >= 0.3 is 0 Å². The fourth-order valence-corrected chi connectivity index (χ4v) is 3.65. The number of hydrogen-bond donors (Lipinski definition) is 0. The maximum atomic E-state index is 12.3. The monoisotopic (exact) mass is 317 g/mol. The Hall–Kier alpha value is -1.45. The highest BCUT2D eigenvalue weighted by Crippen LogP contribution is 2.28. The fraction of sp³-hybridized carbons (Fsp3) is 0.235. The lowest BCUT2D eigenvalue weighted by atomic mass is 10.1. The number of hydrogen-bond acceptors (Lipinski definition) is 2. The molecule has 1 aliphatic rings. The molecule has 0 atom stereocenters. The lowest BCUT2D eigenvalue weighted by Crippen LogP contribution is -2.25. The lowest BCUT2D eigenvalue weighted by molar-refractivity contribution is -0.131. The molecule has 0 bridgehead atoms. The molecule has 0 aliphatic carbocycles. The topological polar surface area (TPSA) is 20.3 Å². The quantitative estimate of drug-likeness (QED) is 0.781. The van der Waals surface area contributed by atoms with Gasteiger partial charge in [0, 0.05) is 30.2 Å². The van der Waals surface area contributed by atoms with Crippen molar-refractivity contribution >= 4 is 29.3 Å². The molecule has 3 rings (SSSR count). The first kappa shape index (κ1) is 14.5. The van der Waals surface area contributed by atoms with Crippen molar-refractivity contribution in [2.45, 2.75) is 24.4 Å². The summed E-state index contributed by atoms with van der Waals surface area (Å²) in [5, 5.41) is 0.753. The smallest absolute Gasteiger partial charge is 0.224 e. The molecule has 21 heavy (non-hydrogen) atoms. The number of fused-ring (bicyclic) bond motifs is 1. The van der Waals surface area contributed by atoms with Crippen LogP contribution >= 0.6 is 23.4 Å². The number of rotatable bonds is 4. The first-order valence-corrected chi connectivity index (χ1v) is 8.32. The van der Waals surface area contributed by atoms with Gasteiger partial charge in [0.15, 0.2) is 0 Å². The maximum Gasteiger partial charge on any atom is 0.224 e. The van der Waals surface area contributed by atoms with E-state index in [2.05, 4.69) is 12.1 Å². The fourth-order valence-electron chi connectivity index (χ4n) is 2.48. The largest absolute Gasteiger partial charge is 0.334 e. The van der Waals surface area contributed by atoms with Gasteiger partial charge in [-0.1, -0.05) is 48.0 Å². The summed E-state index contributed by atoms with van der Waals surface area (Å²) in [6, 6.07) is 16.0. The molecular weight excluding hydrogens is 302 g/mol. The Balaban J connectivity index is 1.51. The van der Waals surface area contributed by atoms with Crippen molar-refractivity contribution in [3.8, 4) is 0 Å². The average Bonchev–Trinajstić information content (AvgIpc) is 2.93. The van der Waals surface area contributed by atoms with Crippen LogP contribution in [0.5, 0.6) is 0 Å². The van der Waals surface area contributed by atoms with Gasteiger partial charge in [0.25, 0.3) is 0 Å². The summed E-state index contributed by atoms with van der Waals surface area (Å²) in [6.45, 7) is 1.48. The van der Waals surface area contributed by atoms with Gasteiger partial charge in [-0.25, -0.2) is 0 Å². The van der Waals surface area contributed by atoms with Gasteiger partial charge in [-0.15, -0.1) is 11.8 Å². The Morgan fingerprint density at radius 3 is 2.33 bits per heavy atom. The van der Waals surface area contributed by atoms with Crippen molar-refractivity contribution in [1.82, 2.24) is 4.90 Å². The number of halogens is 1. The van der Waals surface area contributed by atoms with Crippen LogP contribution in [0.4, 0.5) is 0 Å². The van der Waals surface area contributed by atoms with Crippen LogP contribution in [0.3, 0.4) is 0 Å². The molecule has 0 spiro atoms. The predicted octanol–water partition coefficient (Wildman–Crippen LogP) is 4.36. The van der Waals surface area contributed by atoms with E-state index in [0.29, 0.717) is 6.42 Å². The standard InChI is InChI=1S/C17H16ClNOS/c18-15-7-3-4-8-16(15)21-10-9-17(20)19-11-13-5-1-2-6-14(13)12-19/h1-8H,9-12H2. The van der Waals surface area contributed by atoms with Gasteiger partial charge in [0.1, 0.15) is 0 Å². The molecule has 0 saturated heterocycles. The average molecular weight is 318 g/mol. The zero-order chi connectivity index (χ0) is 14.7. The molecule has 2 aromatic carbocycles. The van der Waals surface area contributed by atoms with Crippen molar-refractivity contribution in [2.75, 3.05) is 5.75 Å². The van der Waals surface area contributed by atoms with E-state index >= 15 is 0 Å². The first-order chi connectivity index (χ1) is 10.2. The van der Waals surface area contributed by atoms with Crippen molar-refractivity contribution in [1.29, 1.82) is 0 Å². The van der Waals surface area contributed by atoms with Crippen LogP contribution in [0.15, 0.2) is 53.4 Å². The number of carbonyl (C=O) groups is 1. The van der Waals surface area contributed by atoms with Crippen LogP contribution in [0.1, 0.15) is 17.5 Å². The first-order valence-electron chi connectivity index (χ1n) is 6.96. The second kappa shape index (κ2) is 6.54. The third kappa shape index (κ3) is 3.42. The van der Waals surface area contributed by atoms with Gasteiger partial charge in [-0.2, -0.15) is 0 Å². The van der Waals surface area contributed by atoms with Crippen LogP contribution in [-0.2, 0) is 17.9 Å². The summed E-state index contributed by atoms with van der Waals surface area (Å²) in [6.07, 6.45) is 0.546. The third-order valence-electron chi connectivity index (χ3n) is 3.60. The number of nitrogens with zero attached hydrogens (tertiary/aromatic N) is 1. The van der Waals surface area contributed by atoms with Gasteiger partial charge in [0.2, 0.25) is 5.91 Å². The van der Waals surface area contributed by atoms with Gasteiger partial charge in [-0.3, -0.25) is 4.79 Å². The van der Waals surface area contributed by atoms with Crippen LogP contribution < -0.4 is 0 Å². The number of thioether (sulfide) groups is 1. The zero-order valence-electron chi connectivity index (χ0n) is 11.6. The number of benzene rings is 2. The molecule has 1 amide bonds. The lowest BCUT2D eigenvalue weighted by Gasteiger charge is -2.15. The van der Waals surface area contributed by atoms with Crippen molar-refractivity contribution in [2.24, 2.45) is 0 Å². The van der Waals surface area contributed by atoms with E-state index in [1.165, 1.54) is 11.1 Å². The molecule has 0 unspecified atom stereocenters. The molecule has 0 aromatic heterocycles. The summed E-state index contributed by atoms with van der Waals surface area (Å²) in [5.74, 6) is 0.973. The molecule has 1 heterocycles. The van der Waals surface area contributed by atoms with E-state index in [-0.39, 0.29) is 5.91 Å². The Labute approximate surface area is 134 Å². The second-order valence-electron chi connectivity index (χ2n) is 5.05. The Kier molecular flexibility index (Phi) is 4.51. The van der Waals surface area contributed by atoms with Crippen molar-refractivity contribution in [3.63, 3.8) is 0 Å². The summed E-state index contributed by atoms with van der Waals surface area (Å²) >= 11 is 7.75. The molecule has 1 aliphatic heterocycles. The van der Waals surface area contributed by atoms with E-state index < -0.39 is 0 Å². The molecule has 108 valence electrons. The Morgan fingerprint density at radius 2 is 1.67 bits per heavy atom. The minimum Gasteiger partial charge on any atom is -0.334 e. The highest BCUT2D eigenvalue weighted by Gasteiger charge is 2.22. The van der Waals surface area contributed by atoms with Crippen LogP contribution in [0, 0.1) is 0 Å². The molecule has 4 heteroatoms. The number of carbonyl (C=O) groups excluding carboxylic acids is 1. The highest BCUT2D eigenvalue weighted by atomic mass is 35.5. The molecule has 2 aromatic rings. The summed E-state index contributed by atoms with van der Waals surface area (Å²) in [7, 11) is 0. The molecule has 2 nitrogen and oxygen atoms in total.